The lowest BCUT2D eigenvalue weighted by Gasteiger charge is -2.07. The number of nitro benzene ring substituents is 1. The van der Waals surface area contributed by atoms with Gasteiger partial charge in [-0.2, -0.15) is 0 Å². The van der Waals surface area contributed by atoms with E-state index in [0.717, 1.165) is 10.5 Å². The summed E-state index contributed by atoms with van der Waals surface area (Å²) in [5, 5.41) is 13.6. The van der Waals surface area contributed by atoms with Gasteiger partial charge in [-0.15, -0.1) is 11.8 Å². The Balaban J connectivity index is 2.01. The largest absolute Gasteiger partial charge is 0.497 e. The molecule has 0 saturated heterocycles. The number of carbonyl (C=O) groups excluding carboxylic acids is 1. The van der Waals surface area contributed by atoms with Crippen molar-refractivity contribution in [2.75, 3.05) is 18.2 Å². The highest BCUT2D eigenvalue weighted by Crippen LogP contribution is 2.26. The number of benzene rings is 2. The van der Waals surface area contributed by atoms with Crippen LogP contribution in [0.15, 0.2) is 47.4 Å². The van der Waals surface area contributed by atoms with Crippen LogP contribution in [0.4, 0.5) is 11.4 Å². The average Bonchev–Trinajstić information content (AvgIpc) is 2.54. The van der Waals surface area contributed by atoms with E-state index < -0.39 is 4.92 Å². The van der Waals surface area contributed by atoms with Crippen LogP contribution in [0.3, 0.4) is 0 Å². The van der Waals surface area contributed by atoms with Gasteiger partial charge in [0.25, 0.3) is 5.69 Å². The molecule has 0 aliphatic heterocycles. The van der Waals surface area contributed by atoms with E-state index in [0.29, 0.717) is 5.75 Å². The van der Waals surface area contributed by atoms with Gasteiger partial charge in [0.15, 0.2) is 0 Å². The molecule has 0 spiro atoms. The van der Waals surface area contributed by atoms with E-state index >= 15 is 0 Å². The Labute approximate surface area is 138 Å². The number of carbonyl (C=O) groups is 1. The van der Waals surface area contributed by atoms with Crippen LogP contribution in [0.25, 0.3) is 0 Å². The maximum Gasteiger partial charge on any atom is 0.293 e. The zero-order valence-electron chi connectivity index (χ0n) is 12.7. The maximum absolute atomic E-state index is 12.0. The molecule has 0 heterocycles. The first-order chi connectivity index (χ1) is 11.0. The summed E-state index contributed by atoms with van der Waals surface area (Å²) >= 11 is 1.33. The number of hydrogen-bond donors (Lipinski definition) is 1. The number of amides is 1. The number of anilines is 1. The first kappa shape index (κ1) is 16.8. The molecule has 2 aromatic carbocycles. The summed E-state index contributed by atoms with van der Waals surface area (Å²) in [5.41, 5.74) is 0.863. The first-order valence-electron chi connectivity index (χ1n) is 6.81. The van der Waals surface area contributed by atoms with E-state index in [-0.39, 0.29) is 23.0 Å². The van der Waals surface area contributed by atoms with Crippen LogP contribution in [0.2, 0.25) is 0 Å². The Morgan fingerprint density at radius 2 is 2.09 bits per heavy atom. The highest BCUT2D eigenvalue weighted by Gasteiger charge is 2.16. The minimum Gasteiger partial charge on any atom is -0.497 e. The molecule has 23 heavy (non-hydrogen) atoms. The molecule has 2 aromatic rings. The number of nitro groups is 1. The molecule has 0 aliphatic rings. The topological polar surface area (TPSA) is 81.5 Å². The number of methoxy groups -OCH3 is 1. The Hall–Kier alpha value is -2.54. The van der Waals surface area contributed by atoms with Gasteiger partial charge in [0.1, 0.15) is 11.4 Å². The molecule has 0 fully saturated rings. The van der Waals surface area contributed by atoms with Crippen LogP contribution in [0.1, 0.15) is 5.56 Å². The number of thioether (sulfide) groups is 1. The zero-order valence-corrected chi connectivity index (χ0v) is 13.6. The zero-order chi connectivity index (χ0) is 16.8. The molecule has 2 rings (SSSR count). The molecule has 1 amide bonds. The quantitative estimate of drug-likeness (QED) is 0.496. The summed E-state index contributed by atoms with van der Waals surface area (Å²) in [4.78, 5) is 23.4. The summed E-state index contributed by atoms with van der Waals surface area (Å²) in [5.74, 6) is 0.562. The first-order valence-corrected chi connectivity index (χ1v) is 7.80. The summed E-state index contributed by atoms with van der Waals surface area (Å²) in [7, 11) is 1.58. The number of aryl methyl sites for hydroxylation is 1. The predicted molar refractivity (Wildman–Crippen MR) is 90.2 cm³/mol. The van der Waals surface area contributed by atoms with E-state index in [9.17, 15) is 14.9 Å². The number of nitrogens with zero attached hydrogens (tertiary/aromatic N) is 1. The fraction of sp³-hybridized carbons (Fsp3) is 0.188. The van der Waals surface area contributed by atoms with Gasteiger partial charge in [-0.3, -0.25) is 14.9 Å². The molecule has 0 aliphatic carbocycles. The van der Waals surface area contributed by atoms with Crippen LogP contribution < -0.4 is 10.1 Å². The highest BCUT2D eigenvalue weighted by molar-refractivity contribution is 8.00. The standard InChI is InChI=1S/C16H16N2O4S/c1-11-6-7-14(15(8-11)18(20)21)17-16(19)10-23-13-5-3-4-12(9-13)22-2/h3-9H,10H2,1-2H3,(H,17,19). The molecule has 0 unspecified atom stereocenters. The van der Waals surface area contributed by atoms with Crippen molar-refractivity contribution in [1.29, 1.82) is 0 Å². The smallest absolute Gasteiger partial charge is 0.293 e. The second-order valence-corrected chi connectivity index (χ2v) is 5.84. The maximum atomic E-state index is 12.0. The minimum absolute atomic E-state index is 0.107. The van der Waals surface area contributed by atoms with E-state index in [4.69, 9.17) is 4.74 Å². The molecule has 0 saturated carbocycles. The van der Waals surface area contributed by atoms with Crippen molar-refractivity contribution < 1.29 is 14.5 Å². The molecule has 0 radical (unpaired) electrons. The van der Waals surface area contributed by atoms with Crippen LogP contribution in [-0.2, 0) is 4.79 Å². The van der Waals surface area contributed by atoms with Crippen molar-refractivity contribution in [3.8, 4) is 5.75 Å². The third kappa shape index (κ3) is 4.72. The molecule has 0 atom stereocenters. The summed E-state index contributed by atoms with van der Waals surface area (Å²) < 4.78 is 5.12. The summed E-state index contributed by atoms with van der Waals surface area (Å²) in [6, 6.07) is 12.1. The Kier molecular flexibility index (Phi) is 5.59. The van der Waals surface area contributed by atoms with Crippen LogP contribution >= 0.6 is 11.8 Å². The van der Waals surface area contributed by atoms with E-state index in [1.807, 2.05) is 24.3 Å². The second kappa shape index (κ2) is 7.64. The lowest BCUT2D eigenvalue weighted by molar-refractivity contribution is -0.384. The number of ether oxygens (including phenoxy) is 1. The molecule has 0 bridgehead atoms. The molecule has 1 N–H and O–H groups in total. The predicted octanol–water partition coefficient (Wildman–Crippen LogP) is 3.64. The highest BCUT2D eigenvalue weighted by atomic mass is 32.2. The van der Waals surface area contributed by atoms with E-state index in [2.05, 4.69) is 5.32 Å². The van der Waals surface area contributed by atoms with Gasteiger partial charge in [-0.05, 0) is 36.8 Å². The molecular weight excluding hydrogens is 316 g/mol. The van der Waals surface area contributed by atoms with E-state index in [1.165, 1.54) is 17.8 Å². The Morgan fingerprint density at radius 3 is 2.78 bits per heavy atom. The van der Waals surface area contributed by atoms with Gasteiger partial charge in [0.2, 0.25) is 5.91 Å². The average molecular weight is 332 g/mol. The molecule has 120 valence electrons. The van der Waals surface area contributed by atoms with Crippen LogP contribution in [0, 0.1) is 17.0 Å². The number of hydrogen-bond acceptors (Lipinski definition) is 5. The van der Waals surface area contributed by atoms with Crippen molar-refractivity contribution in [2.24, 2.45) is 0 Å². The van der Waals surface area contributed by atoms with Crippen molar-refractivity contribution in [2.45, 2.75) is 11.8 Å². The molecule has 0 aromatic heterocycles. The van der Waals surface area contributed by atoms with Gasteiger partial charge < -0.3 is 10.1 Å². The number of rotatable bonds is 6. The summed E-state index contributed by atoms with van der Waals surface area (Å²) in [6.07, 6.45) is 0. The monoisotopic (exact) mass is 332 g/mol. The van der Waals surface area contributed by atoms with Crippen molar-refractivity contribution >= 4 is 29.0 Å². The van der Waals surface area contributed by atoms with Gasteiger partial charge >= 0.3 is 0 Å². The van der Waals surface area contributed by atoms with E-state index in [1.54, 1.807) is 26.2 Å². The van der Waals surface area contributed by atoms with Gasteiger partial charge in [-0.25, -0.2) is 0 Å². The van der Waals surface area contributed by atoms with Gasteiger partial charge in [0.05, 0.1) is 17.8 Å². The SMILES string of the molecule is COc1cccc(SCC(=O)Nc2ccc(C)cc2[N+](=O)[O-])c1. The second-order valence-electron chi connectivity index (χ2n) is 4.79. The van der Waals surface area contributed by atoms with Crippen molar-refractivity contribution in [3.05, 3.63) is 58.1 Å². The minimum atomic E-state index is -0.502. The lowest BCUT2D eigenvalue weighted by atomic mass is 10.2. The lowest BCUT2D eigenvalue weighted by Crippen LogP contribution is -2.15. The summed E-state index contributed by atoms with van der Waals surface area (Å²) in [6.45, 7) is 1.76. The van der Waals surface area contributed by atoms with Crippen LogP contribution in [-0.4, -0.2) is 23.7 Å². The Morgan fingerprint density at radius 1 is 1.30 bits per heavy atom. The third-order valence-corrected chi connectivity index (χ3v) is 4.03. The van der Waals surface area contributed by atoms with Crippen LogP contribution in [0.5, 0.6) is 5.75 Å². The normalized spacial score (nSPS) is 10.2. The van der Waals surface area contributed by atoms with Gasteiger partial charge in [-0.1, -0.05) is 12.1 Å². The molecule has 7 heteroatoms. The fourth-order valence-corrected chi connectivity index (χ4v) is 2.67. The Bertz CT molecular complexity index is 734. The van der Waals surface area contributed by atoms with Gasteiger partial charge in [0, 0.05) is 11.0 Å². The van der Waals surface area contributed by atoms with Crippen molar-refractivity contribution in [3.63, 3.8) is 0 Å². The number of nitrogens with one attached hydrogen (secondary N) is 1. The molecular formula is C16H16N2O4S. The molecule has 6 nitrogen and oxygen atoms in total. The van der Waals surface area contributed by atoms with Crippen molar-refractivity contribution in [1.82, 2.24) is 0 Å². The third-order valence-electron chi connectivity index (χ3n) is 3.04. The fourth-order valence-electron chi connectivity index (χ4n) is 1.92.